The Kier molecular flexibility index (Phi) is 6.99. The lowest BCUT2D eigenvalue weighted by atomic mass is 10.1. The molecule has 4 aromatic rings. The Morgan fingerprint density at radius 1 is 0.833 bits per heavy atom. The molecule has 1 fully saturated rings. The Balaban J connectivity index is 1.38. The van der Waals surface area contributed by atoms with Crippen LogP contribution in [0.2, 0.25) is 10.0 Å². The van der Waals surface area contributed by atoms with Gasteiger partial charge >= 0.3 is 0 Å². The van der Waals surface area contributed by atoms with Crippen molar-refractivity contribution in [2.45, 2.75) is 19.9 Å². The van der Waals surface area contributed by atoms with Crippen molar-refractivity contribution in [2.75, 3.05) is 26.2 Å². The zero-order valence-electron chi connectivity index (χ0n) is 20.0. The smallest absolute Gasteiger partial charge is 0.253 e. The van der Waals surface area contributed by atoms with Gasteiger partial charge in [0.2, 0.25) is 5.91 Å². The van der Waals surface area contributed by atoms with Crippen LogP contribution in [0.3, 0.4) is 0 Å². The van der Waals surface area contributed by atoms with Gasteiger partial charge in [0.15, 0.2) is 0 Å². The molecule has 2 amide bonds. The van der Waals surface area contributed by atoms with E-state index in [2.05, 4.69) is 16.7 Å². The molecular weight excluding hydrogens is 495 g/mol. The summed E-state index contributed by atoms with van der Waals surface area (Å²) in [4.78, 5) is 33.0. The van der Waals surface area contributed by atoms with Gasteiger partial charge in [0.1, 0.15) is 5.82 Å². The number of rotatable bonds is 5. The molecule has 8 heteroatoms. The average Bonchev–Trinajstić information content (AvgIpc) is 3.20. The summed E-state index contributed by atoms with van der Waals surface area (Å²) in [5.41, 5.74) is 4.57. The molecule has 2 heterocycles. The van der Waals surface area contributed by atoms with Crippen LogP contribution < -0.4 is 0 Å². The number of nitrogens with zero attached hydrogens (tertiary/aromatic N) is 4. The number of imidazole rings is 1. The third kappa shape index (κ3) is 5.11. The highest BCUT2D eigenvalue weighted by atomic mass is 35.5. The average molecular weight is 521 g/mol. The van der Waals surface area contributed by atoms with Gasteiger partial charge in [0.25, 0.3) is 5.91 Å². The molecule has 6 nitrogen and oxygen atoms in total. The maximum absolute atomic E-state index is 13.0. The van der Waals surface area contributed by atoms with Crippen molar-refractivity contribution in [3.63, 3.8) is 0 Å². The number of halogens is 2. The monoisotopic (exact) mass is 520 g/mol. The first-order valence-corrected chi connectivity index (χ1v) is 12.7. The van der Waals surface area contributed by atoms with Crippen molar-refractivity contribution in [1.29, 1.82) is 0 Å². The topological polar surface area (TPSA) is 58.4 Å². The Labute approximate surface area is 220 Å². The van der Waals surface area contributed by atoms with Crippen LogP contribution in [0.1, 0.15) is 34.2 Å². The van der Waals surface area contributed by atoms with Crippen LogP contribution in [0.4, 0.5) is 0 Å². The molecule has 5 rings (SSSR count). The second kappa shape index (κ2) is 10.3. The van der Waals surface area contributed by atoms with E-state index < -0.39 is 0 Å². The predicted octanol–water partition coefficient (Wildman–Crippen LogP) is 5.29. The molecule has 0 unspecified atom stereocenters. The summed E-state index contributed by atoms with van der Waals surface area (Å²) in [6, 6.07) is 21.6. The van der Waals surface area contributed by atoms with Gasteiger partial charge in [-0.15, -0.1) is 0 Å². The fraction of sp³-hybridized carbons (Fsp3) is 0.250. The van der Waals surface area contributed by atoms with Crippen LogP contribution in [0, 0.1) is 0 Å². The molecule has 0 bridgehead atoms. The number of carbonyl (C=O) groups excluding carboxylic acids is 2. The lowest BCUT2D eigenvalue weighted by Gasteiger charge is -2.34. The van der Waals surface area contributed by atoms with E-state index in [0.717, 1.165) is 28.0 Å². The number of benzene rings is 3. The summed E-state index contributed by atoms with van der Waals surface area (Å²) in [5, 5.41) is 0.967. The minimum atomic E-state index is -0.0102. The minimum Gasteiger partial charge on any atom is -0.339 e. The first-order valence-electron chi connectivity index (χ1n) is 11.9. The number of piperazine rings is 1. The summed E-state index contributed by atoms with van der Waals surface area (Å²) >= 11 is 12.6. The van der Waals surface area contributed by atoms with Gasteiger partial charge in [-0.3, -0.25) is 9.59 Å². The molecule has 184 valence electrons. The molecule has 1 aliphatic heterocycles. The highest BCUT2D eigenvalue weighted by Crippen LogP contribution is 2.29. The van der Waals surface area contributed by atoms with Gasteiger partial charge in [0, 0.05) is 51.6 Å². The third-order valence-electron chi connectivity index (χ3n) is 6.63. The molecule has 36 heavy (non-hydrogen) atoms. The Hall–Kier alpha value is -3.35. The quantitative estimate of drug-likeness (QED) is 0.359. The second-order valence-corrected chi connectivity index (χ2v) is 9.84. The Morgan fingerprint density at radius 3 is 2.14 bits per heavy atom. The van der Waals surface area contributed by atoms with Crippen LogP contribution in [-0.4, -0.2) is 57.3 Å². The summed E-state index contributed by atoms with van der Waals surface area (Å²) in [6.45, 7) is 4.39. The van der Waals surface area contributed by atoms with E-state index in [1.54, 1.807) is 17.9 Å². The van der Waals surface area contributed by atoms with Crippen molar-refractivity contribution in [2.24, 2.45) is 0 Å². The van der Waals surface area contributed by atoms with E-state index >= 15 is 0 Å². The van der Waals surface area contributed by atoms with Crippen molar-refractivity contribution < 1.29 is 9.59 Å². The highest BCUT2D eigenvalue weighted by molar-refractivity contribution is 6.42. The van der Waals surface area contributed by atoms with Crippen LogP contribution in [0.25, 0.3) is 11.0 Å². The number of fused-ring (bicyclic) bond motifs is 1. The van der Waals surface area contributed by atoms with E-state index in [0.29, 0.717) is 54.8 Å². The maximum Gasteiger partial charge on any atom is 0.253 e. The van der Waals surface area contributed by atoms with Crippen molar-refractivity contribution in [1.82, 2.24) is 19.4 Å². The van der Waals surface area contributed by atoms with Crippen molar-refractivity contribution in [3.05, 3.63) is 99.3 Å². The number of aromatic nitrogens is 2. The van der Waals surface area contributed by atoms with Crippen LogP contribution in [0.5, 0.6) is 0 Å². The molecule has 0 saturated carbocycles. The van der Waals surface area contributed by atoms with E-state index in [1.165, 1.54) is 0 Å². The molecule has 1 saturated heterocycles. The molecule has 0 spiro atoms. The summed E-state index contributed by atoms with van der Waals surface area (Å²) in [6.07, 6.45) is 0.674. The van der Waals surface area contributed by atoms with Gasteiger partial charge in [-0.1, -0.05) is 65.7 Å². The number of amides is 2. The van der Waals surface area contributed by atoms with E-state index in [-0.39, 0.29) is 11.8 Å². The Morgan fingerprint density at radius 2 is 1.47 bits per heavy atom. The summed E-state index contributed by atoms with van der Waals surface area (Å²) in [5.74, 6) is 0.954. The Bertz CT molecular complexity index is 1410. The van der Waals surface area contributed by atoms with Crippen LogP contribution in [-0.2, 0) is 17.8 Å². The third-order valence-corrected chi connectivity index (χ3v) is 7.35. The fourth-order valence-corrected chi connectivity index (χ4v) is 4.92. The first kappa shape index (κ1) is 24.3. The van der Waals surface area contributed by atoms with Gasteiger partial charge in [-0.25, -0.2) is 4.98 Å². The molecular formula is C28H26Cl2N4O2. The number of hydrogen-bond acceptors (Lipinski definition) is 3. The van der Waals surface area contributed by atoms with E-state index in [4.69, 9.17) is 28.2 Å². The summed E-state index contributed by atoms with van der Waals surface area (Å²) in [7, 11) is 0. The second-order valence-electron chi connectivity index (χ2n) is 9.03. The molecule has 0 atom stereocenters. The van der Waals surface area contributed by atoms with Gasteiger partial charge < -0.3 is 14.4 Å². The first-order chi connectivity index (χ1) is 17.4. The molecule has 1 aromatic heterocycles. The molecule has 1 aliphatic rings. The molecule has 0 aliphatic carbocycles. The molecule has 0 N–H and O–H groups in total. The maximum atomic E-state index is 13.0. The van der Waals surface area contributed by atoms with E-state index in [1.807, 2.05) is 53.4 Å². The lowest BCUT2D eigenvalue weighted by molar-refractivity contribution is -0.130. The van der Waals surface area contributed by atoms with Crippen molar-refractivity contribution in [3.8, 4) is 0 Å². The number of hydrogen-bond donors (Lipinski definition) is 0. The normalized spacial score (nSPS) is 13.9. The predicted molar refractivity (Wildman–Crippen MR) is 143 cm³/mol. The van der Waals surface area contributed by atoms with Gasteiger partial charge in [-0.05, 0) is 35.4 Å². The van der Waals surface area contributed by atoms with Crippen molar-refractivity contribution >= 4 is 46.0 Å². The zero-order chi connectivity index (χ0) is 25.2. The number of carbonyl (C=O) groups is 2. The summed E-state index contributed by atoms with van der Waals surface area (Å²) < 4.78 is 2.16. The van der Waals surface area contributed by atoms with Gasteiger partial charge in [0.05, 0.1) is 21.1 Å². The fourth-order valence-electron chi connectivity index (χ4n) is 4.60. The lowest BCUT2D eigenvalue weighted by Crippen LogP contribution is -2.50. The van der Waals surface area contributed by atoms with Crippen LogP contribution in [0.15, 0.2) is 66.7 Å². The zero-order valence-corrected chi connectivity index (χ0v) is 21.5. The standard InChI is InChI=1S/C28H26Cl2N4O2/c1-19(35)32-11-13-33(14-12-32)28(36)22-9-7-21(8-10-22)18-34-26-17-24(30)23(29)16-25(26)31-27(34)15-20-5-3-2-4-6-20/h2-10,16-17H,11-15,18H2,1H3. The molecule has 3 aromatic carbocycles. The SMILES string of the molecule is CC(=O)N1CCN(C(=O)c2ccc(Cn3c(Cc4ccccc4)nc4cc(Cl)c(Cl)cc43)cc2)CC1. The highest BCUT2D eigenvalue weighted by Gasteiger charge is 2.23. The van der Waals surface area contributed by atoms with Gasteiger partial charge in [-0.2, -0.15) is 0 Å². The van der Waals surface area contributed by atoms with E-state index in [9.17, 15) is 9.59 Å². The minimum absolute atomic E-state index is 0.0102. The van der Waals surface area contributed by atoms with Crippen LogP contribution >= 0.6 is 23.2 Å². The molecule has 0 radical (unpaired) electrons. The largest absolute Gasteiger partial charge is 0.339 e.